The van der Waals surface area contributed by atoms with Gasteiger partial charge in [-0.05, 0) is 42.7 Å². The zero-order valence-electron chi connectivity index (χ0n) is 14.2. The molecule has 0 fully saturated rings. The van der Waals surface area contributed by atoms with E-state index in [-0.39, 0.29) is 18.4 Å². The maximum atomic E-state index is 12.8. The molecule has 5 heteroatoms. The summed E-state index contributed by atoms with van der Waals surface area (Å²) < 4.78 is 5.34. The molecule has 0 radical (unpaired) electrons. The lowest BCUT2D eigenvalue weighted by atomic mass is 10.0. The zero-order valence-corrected chi connectivity index (χ0v) is 15.1. The van der Waals surface area contributed by atoms with E-state index in [2.05, 4.69) is 6.58 Å². The van der Waals surface area contributed by atoms with Gasteiger partial charge in [0.1, 0.15) is 5.76 Å². The number of imide groups is 1. The van der Waals surface area contributed by atoms with Crippen LogP contribution in [0.2, 0.25) is 0 Å². The highest BCUT2D eigenvalue weighted by molar-refractivity contribution is 8.03. The van der Waals surface area contributed by atoms with E-state index in [0.717, 1.165) is 22.5 Å². The number of nitrogens with zero attached hydrogens (tertiary/aromatic N) is 1. The summed E-state index contributed by atoms with van der Waals surface area (Å²) in [5.41, 5.74) is 3.47. The van der Waals surface area contributed by atoms with Crippen LogP contribution in [0.25, 0.3) is 5.57 Å². The lowest BCUT2D eigenvalue weighted by molar-refractivity contribution is -0.135. The van der Waals surface area contributed by atoms with E-state index in [1.807, 2.05) is 38.1 Å². The van der Waals surface area contributed by atoms with E-state index in [1.54, 1.807) is 18.4 Å². The van der Waals surface area contributed by atoms with Crippen molar-refractivity contribution in [2.75, 3.05) is 6.54 Å². The average molecular weight is 353 g/mol. The lowest BCUT2D eigenvalue weighted by Crippen LogP contribution is -2.31. The van der Waals surface area contributed by atoms with Gasteiger partial charge in [0.25, 0.3) is 11.8 Å². The molecule has 1 aliphatic heterocycles. The fourth-order valence-electron chi connectivity index (χ4n) is 2.67. The highest BCUT2D eigenvalue weighted by atomic mass is 32.2. The number of thioether (sulfide) groups is 1. The van der Waals surface area contributed by atoms with E-state index in [9.17, 15) is 9.59 Å². The van der Waals surface area contributed by atoms with Crippen molar-refractivity contribution in [2.24, 2.45) is 0 Å². The smallest absolute Gasteiger partial charge is 0.268 e. The average Bonchev–Trinajstić information content (AvgIpc) is 3.18. The molecule has 0 spiro atoms. The summed E-state index contributed by atoms with van der Waals surface area (Å²) in [6, 6.07) is 9.49. The van der Waals surface area contributed by atoms with Gasteiger partial charge in [-0.25, -0.2) is 0 Å². The normalized spacial score (nSPS) is 14.6. The third-order valence-corrected chi connectivity index (χ3v) is 5.27. The van der Waals surface area contributed by atoms with Crippen molar-refractivity contribution in [2.45, 2.75) is 19.6 Å². The van der Waals surface area contributed by atoms with Crippen LogP contribution >= 0.6 is 11.8 Å². The van der Waals surface area contributed by atoms with Crippen molar-refractivity contribution in [3.8, 4) is 0 Å². The van der Waals surface area contributed by atoms with Crippen LogP contribution in [0.4, 0.5) is 0 Å². The molecule has 2 aromatic rings. The number of amides is 2. The second-order valence-corrected chi connectivity index (χ2v) is 6.87. The fourth-order valence-corrected chi connectivity index (χ4v) is 3.71. The summed E-state index contributed by atoms with van der Waals surface area (Å²) in [4.78, 5) is 27.3. The Bertz CT molecular complexity index is 865. The molecule has 1 aromatic heterocycles. The topological polar surface area (TPSA) is 50.5 Å². The van der Waals surface area contributed by atoms with Gasteiger partial charge >= 0.3 is 0 Å². The quantitative estimate of drug-likeness (QED) is 0.580. The summed E-state index contributed by atoms with van der Waals surface area (Å²) in [5, 5.41) is 0. The second-order valence-electron chi connectivity index (χ2n) is 5.88. The third kappa shape index (κ3) is 3.33. The van der Waals surface area contributed by atoms with Crippen LogP contribution in [0.1, 0.15) is 22.5 Å². The molecule has 0 unspecified atom stereocenters. The van der Waals surface area contributed by atoms with Gasteiger partial charge in [0.2, 0.25) is 0 Å². The molecule has 4 nitrogen and oxygen atoms in total. The minimum Gasteiger partial charge on any atom is -0.468 e. The Labute approximate surface area is 151 Å². The fraction of sp³-hybridized carbons (Fsp3) is 0.200. The number of benzene rings is 1. The van der Waals surface area contributed by atoms with Crippen LogP contribution in [0.5, 0.6) is 0 Å². The van der Waals surface area contributed by atoms with E-state index >= 15 is 0 Å². The Kier molecular flexibility index (Phi) is 4.95. The van der Waals surface area contributed by atoms with Gasteiger partial charge in [-0.15, -0.1) is 18.3 Å². The minimum absolute atomic E-state index is 0.205. The van der Waals surface area contributed by atoms with Gasteiger partial charge in [-0.2, -0.15) is 0 Å². The first-order chi connectivity index (χ1) is 12.0. The Morgan fingerprint density at radius 2 is 1.96 bits per heavy atom. The molecule has 128 valence electrons. The van der Waals surface area contributed by atoms with Crippen molar-refractivity contribution in [1.82, 2.24) is 4.90 Å². The summed E-state index contributed by atoms with van der Waals surface area (Å²) >= 11 is 1.34. The van der Waals surface area contributed by atoms with Crippen LogP contribution in [0, 0.1) is 13.8 Å². The third-order valence-electron chi connectivity index (χ3n) is 4.17. The predicted octanol–water partition coefficient (Wildman–Crippen LogP) is 4.10. The number of rotatable bonds is 6. The van der Waals surface area contributed by atoms with Crippen LogP contribution in [-0.4, -0.2) is 23.3 Å². The van der Waals surface area contributed by atoms with Crippen LogP contribution < -0.4 is 0 Å². The molecule has 3 rings (SSSR count). The zero-order chi connectivity index (χ0) is 18.0. The molecule has 0 aliphatic carbocycles. The van der Waals surface area contributed by atoms with E-state index in [4.69, 9.17) is 4.42 Å². The lowest BCUT2D eigenvalue weighted by Gasteiger charge is -2.12. The number of carbonyl (C=O) groups is 2. The summed E-state index contributed by atoms with van der Waals surface area (Å²) in [6.07, 6.45) is 3.16. The van der Waals surface area contributed by atoms with Crippen molar-refractivity contribution in [1.29, 1.82) is 0 Å². The molecule has 1 aliphatic rings. The standard InChI is InChI=1S/C20H19NO3S/c1-4-9-21-19(22)17(15-8-7-13(2)14(3)11-15)18(20(21)23)25-12-16-6-5-10-24-16/h4-8,10-11H,1,9,12H2,2-3H3. The number of furan rings is 1. The van der Waals surface area contributed by atoms with Crippen LogP contribution in [0.15, 0.2) is 58.6 Å². The Morgan fingerprint density at radius 3 is 2.60 bits per heavy atom. The molecule has 0 atom stereocenters. The molecule has 2 amide bonds. The first-order valence-corrected chi connectivity index (χ1v) is 8.95. The molecule has 1 aromatic carbocycles. The SMILES string of the molecule is C=CCN1C(=O)C(SCc2ccco2)=C(c2ccc(C)c(C)c2)C1=O. The maximum absolute atomic E-state index is 12.8. The van der Waals surface area contributed by atoms with Gasteiger partial charge in [0, 0.05) is 6.54 Å². The first-order valence-electron chi connectivity index (χ1n) is 7.97. The molecule has 0 saturated heterocycles. The number of hydrogen-bond donors (Lipinski definition) is 0. The molecule has 0 N–H and O–H groups in total. The Morgan fingerprint density at radius 1 is 1.16 bits per heavy atom. The predicted molar refractivity (Wildman–Crippen MR) is 99.8 cm³/mol. The van der Waals surface area contributed by atoms with Crippen molar-refractivity contribution in [3.05, 3.63) is 76.6 Å². The summed E-state index contributed by atoms with van der Waals surface area (Å²) in [6.45, 7) is 7.86. The molecular weight excluding hydrogens is 334 g/mol. The van der Waals surface area contributed by atoms with Crippen LogP contribution in [0.3, 0.4) is 0 Å². The number of carbonyl (C=O) groups excluding carboxylic acids is 2. The van der Waals surface area contributed by atoms with Crippen molar-refractivity contribution >= 4 is 29.1 Å². The van der Waals surface area contributed by atoms with E-state index in [1.165, 1.54) is 16.7 Å². The number of hydrogen-bond acceptors (Lipinski definition) is 4. The van der Waals surface area contributed by atoms with Crippen LogP contribution in [-0.2, 0) is 15.3 Å². The van der Waals surface area contributed by atoms with Gasteiger partial charge in [0.05, 0.1) is 22.5 Å². The summed E-state index contributed by atoms with van der Waals surface area (Å²) in [5.74, 6) is 0.724. The highest BCUT2D eigenvalue weighted by Crippen LogP contribution is 2.37. The highest BCUT2D eigenvalue weighted by Gasteiger charge is 2.38. The first kappa shape index (κ1) is 17.3. The second kappa shape index (κ2) is 7.15. The van der Waals surface area contributed by atoms with Crippen molar-refractivity contribution < 1.29 is 14.0 Å². The molecule has 0 saturated carbocycles. The largest absolute Gasteiger partial charge is 0.468 e. The molecular formula is C20H19NO3S. The van der Waals surface area contributed by atoms with E-state index < -0.39 is 0 Å². The molecule has 0 bridgehead atoms. The monoisotopic (exact) mass is 353 g/mol. The molecule has 2 heterocycles. The van der Waals surface area contributed by atoms with E-state index in [0.29, 0.717) is 16.2 Å². The Balaban J connectivity index is 2.01. The van der Waals surface area contributed by atoms with Gasteiger partial charge in [-0.1, -0.05) is 24.3 Å². The van der Waals surface area contributed by atoms with Gasteiger partial charge < -0.3 is 4.42 Å². The van der Waals surface area contributed by atoms with Gasteiger partial charge in [0.15, 0.2) is 0 Å². The Hall–Kier alpha value is -2.53. The van der Waals surface area contributed by atoms with Gasteiger partial charge in [-0.3, -0.25) is 14.5 Å². The maximum Gasteiger partial charge on any atom is 0.268 e. The molecule has 25 heavy (non-hydrogen) atoms. The minimum atomic E-state index is -0.269. The van der Waals surface area contributed by atoms with Crippen molar-refractivity contribution in [3.63, 3.8) is 0 Å². The summed E-state index contributed by atoms with van der Waals surface area (Å²) in [7, 11) is 0. The number of aryl methyl sites for hydroxylation is 2.